The number of fused-ring (bicyclic) bond motifs is 3. The molecule has 3 aliphatic rings. The van der Waals surface area contributed by atoms with Crippen LogP contribution in [0.1, 0.15) is 30.9 Å². The van der Waals surface area contributed by atoms with Crippen molar-refractivity contribution in [1.82, 2.24) is 10.2 Å². The number of benzene rings is 1. The van der Waals surface area contributed by atoms with Gasteiger partial charge in [0.2, 0.25) is 11.7 Å². The number of phenolic OH excluding ortho intramolecular Hbond substituents is 1. The molecule has 1 aromatic rings. The van der Waals surface area contributed by atoms with Gasteiger partial charge < -0.3 is 36.8 Å². The van der Waals surface area contributed by atoms with E-state index in [1.807, 2.05) is 6.92 Å². The third-order valence-corrected chi connectivity index (χ3v) is 7.65. The van der Waals surface area contributed by atoms with Gasteiger partial charge >= 0.3 is 0 Å². The maximum Gasteiger partial charge on any atom is 0.255 e. The zero-order valence-corrected chi connectivity index (χ0v) is 21.7. The van der Waals surface area contributed by atoms with Gasteiger partial charge in [0.15, 0.2) is 17.1 Å². The number of amides is 2. The fourth-order valence-corrected chi connectivity index (χ4v) is 5.93. The predicted molar refractivity (Wildman–Crippen MR) is 136 cm³/mol. The van der Waals surface area contributed by atoms with Crippen LogP contribution in [-0.4, -0.2) is 87.5 Å². The van der Waals surface area contributed by atoms with Crippen LogP contribution < -0.4 is 16.4 Å². The first-order chi connectivity index (χ1) is 18.3. The molecule has 0 radical (unpaired) electrons. The summed E-state index contributed by atoms with van der Waals surface area (Å²) in [6.07, 6.45) is 0.415. The van der Waals surface area contributed by atoms with E-state index in [0.29, 0.717) is 6.54 Å². The lowest BCUT2D eigenvalue weighted by Gasteiger charge is -2.50. The molecular formula is C26H31FN4O8. The SMILES string of the molecule is CCCNCC(=O)Nc1cc(F)c2c(c1O)C(O)=C1C(=O)[C@]3(O)C(O)=C(C(N)=O)C(=O)[C@@H](N(C)C)[C@@H]3C[C@@H]1C2. The second-order valence-electron chi connectivity index (χ2n) is 10.3. The van der Waals surface area contributed by atoms with Crippen molar-refractivity contribution in [3.63, 3.8) is 0 Å². The van der Waals surface area contributed by atoms with Gasteiger partial charge in [0.25, 0.3) is 5.91 Å². The monoisotopic (exact) mass is 546 g/mol. The van der Waals surface area contributed by atoms with E-state index < -0.39 is 86.7 Å². The zero-order chi connectivity index (χ0) is 29.0. The van der Waals surface area contributed by atoms with Gasteiger partial charge in [-0.1, -0.05) is 6.92 Å². The van der Waals surface area contributed by atoms with Crippen LogP contribution in [0.4, 0.5) is 10.1 Å². The van der Waals surface area contributed by atoms with Gasteiger partial charge in [-0.15, -0.1) is 0 Å². The summed E-state index contributed by atoms with van der Waals surface area (Å²) in [5.74, 6) is -9.78. The highest BCUT2D eigenvalue weighted by molar-refractivity contribution is 6.24. The molecule has 2 amide bonds. The normalized spacial score (nSPS) is 26.4. The second-order valence-corrected chi connectivity index (χ2v) is 10.3. The Morgan fingerprint density at radius 3 is 2.49 bits per heavy atom. The lowest BCUT2D eigenvalue weighted by Crippen LogP contribution is -2.65. The van der Waals surface area contributed by atoms with Crippen molar-refractivity contribution in [3.05, 3.63) is 39.9 Å². The van der Waals surface area contributed by atoms with Crippen LogP contribution in [0.15, 0.2) is 23.0 Å². The molecule has 0 heterocycles. The number of hydrogen-bond acceptors (Lipinski definition) is 10. The van der Waals surface area contributed by atoms with Crippen molar-refractivity contribution in [3.8, 4) is 5.75 Å². The van der Waals surface area contributed by atoms with E-state index in [-0.39, 0.29) is 30.6 Å². The fraction of sp³-hybridized carbons (Fsp3) is 0.462. The Morgan fingerprint density at radius 1 is 1.23 bits per heavy atom. The number of nitrogens with zero attached hydrogens (tertiary/aromatic N) is 1. The molecule has 0 spiro atoms. The lowest BCUT2D eigenvalue weighted by atomic mass is 9.57. The molecule has 4 atom stereocenters. The zero-order valence-electron chi connectivity index (χ0n) is 21.7. The number of Topliss-reactive ketones (excluding diaryl/α,β-unsaturated/α-hetero) is 2. The Balaban J connectivity index is 1.84. The lowest BCUT2D eigenvalue weighted by molar-refractivity contribution is -0.153. The molecule has 39 heavy (non-hydrogen) atoms. The number of phenols is 1. The molecule has 8 N–H and O–H groups in total. The van der Waals surface area contributed by atoms with Gasteiger partial charge in [-0.3, -0.25) is 24.1 Å². The minimum atomic E-state index is -2.80. The molecule has 1 fully saturated rings. The maximum absolute atomic E-state index is 15.3. The molecule has 1 aromatic carbocycles. The number of nitrogens with one attached hydrogen (secondary N) is 2. The van der Waals surface area contributed by atoms with Crippen LogP contribution in [-0.2, 0) is 25.6 Å². The number of carbonyl (C=O) groups is 4. The first-order valence-electron chi connectivity index (χ1n) is 12.5. The van der Waals surface area contributed by atoms with E-state index in [0.717, 1.165) is 12.5 Å². The summed E-state index contributed by atoms with van der Waals surface area (Å²) >= 11 is 0. The number of carbonyl (C=O) groups excluding carboxylic acids is 4. The Bertz CT molecular complexity index is 1350. The van der Waals surface area contributed by atoms with E-state index in [4.69, 9.17) is 5.73 Å². The molecule has 0 saturated heterocycles. The number of aliphatic hydroxyl groups is 3. The van der Waals surface area contributed by atoms with Crippen LogP contribution in [0.3, 0.4) is 0 Å². The maximum atomic E-state index is 15.3. The van der Waals surface area contributed by atoms with E-state index in [1.54, 1.807) is 0 Å². The van der Waals surface area contributed by atoms with E-state index in [1.165, 1.54) is 19.0 Å². The third-order valence-electron chi connectivity index (χ3n) is 7.65. The first kappa shape index (κ1) is 28.2. The van der Waals surface area contributed by atoms with Crippen molar-refractivity contribution < 1.29 is 44.0 Å². The number of ketones is 2. The van der Waals surface area contributed by atoms with Crippen molar-refractivity contribution in [2.75, 3.05) is 32.5 Å². The quantitative estimate of drug-likeness (QED) is 0.139. The Kier molecular flexibility index (Phi) is 7.27. The average Bonchev–Trinajstić information content (AvgIpc) is 2.84. The summed E-state index contributed by atoms with van der Waals surface area (Å²) in [7, 11) is 2.97. The number of hydrogen-bond donors (Lipinski definition) is 7. The second kappa shape index (κ2) is 10.1. The van der Waals surface area contributed by atoms with E-state index in [2.05, 4.69) is 10.6 Å². The number of halogens is 1. The summed E-state index contributed by atoms with van der Waals surface area (Å²) < 4.78 is 15.3. The van der Waals surface area contributed by atoms with Crippen LogP contribution in [0.2, 0.25) is 0 Å². The highest BCUT2D eigenvalue weighted by Gasteiger charge is 2.64. The molecule has 12 nitrogen and oxygen atoms in total. The number of primary amides is 1. The van der Waals surface area contributed by atoms with E-state index >= 15 is 4.39 Å². The number of aromatic hydroxyl groups is 1. The van der Waals surface area contributed by atoms with Crippen molar-refractivity contribution in [1.29, 1.82) is 0 Å². The van der Waals surface area contributed by atoms with Crippen LogP contribution in [0.25, 0.3) is 5.76 Å². The molecule has 4 rings (SSSR count). The Morgan fingerprint density at radius 2 is 1.90 bits per heavy atom. The van der Waals surface area contributed by atoms with Crippen LogP contribution in [0.5, 0.6) is 5.75 Å². The van der Waals surface area contributed by atoms with Gasteiger partial charge in [0.1, 0.15) is 22.9 Å². The largest absolute Gasteiger partial charge is 0.508 e. The van der Waals surface area contributed by atoms with Crippen LogP contribution >= 0.6 is 0 Å². The highest BCUT2D eigenvalue weighted by Crippen LogP contribution is 2.53. The van der Waals surface area contributed by atoms with Crippen molar-refractivity contribution >= 4 is 34.8 Å². The number of anilines is 1. The molecule has 0 bridgehead atoms. The van der Waals surface area contributed by atoms with Crippen molar-refractivity contribution in [2.24, 2.45) is 17.6 Å². The molecule has 210 valence electrons. The topological polar surface area (TPSA) is 203 Å². The van der Waals surface area contributed by atoms with Gasteiger partial charge in [-0.25, -0.2) is 4.39 Å². The highest BCUT2D eigenvalue weighted by atomic mass is 19.1. The van der Waals surface area contributed by atoms with Gasteiger partial charge in [-0.2, -0.15) is 0 Å². The van der Waals surface area contributed by atoms with E-state index in [9.17, 15) is 39.6 Å². The standard InChI is InChI=1S/C26H31FN4O8/c1-4-5-29-9-15(32)30-14-8-13(27)11-6-10-7-12-19(31(2)3)22(35)18(25(28)38)24(37)26(12,39)23(36)16(10)21(34)17(11)20(14)33/h8,10,12,19,29,33-34,37,39H,4-7,9H2,1-3H3,(H2,28,38)(H,30,32)/t10-,12-,19-,26-/m0/s1. The van der Waals surface area contributed by atoms with Gasteiger partial charge in [-0.05, 0) is 45.8 Å². The summed E-state index contributed by atoms with van der Waals surface area (Å²) in [5, 5.41) is 49.7. The molecule has 13 heteroatoms. The summed E-state index contributed by atoms with van der Waals surface area (Å²) in [5.41, 5.74) is 0.260. The average molecular weight is 547 g/mol. The number of rotatable bonds is 7. The fourth-order valence-electron chi connectivity index (χ4n) is 5.93. The smallest absolute Gasteiger partial charge is 0.255 e. The summed E-state index contributed by atoms with van der Waals surface area (Å²) in [6, 6.07) is -0.328. The number of likely N-dealkylation sites (N-methyl/N-ethyl adjacent to an activating group) is 1. The van der Waals surface area contributed by atoms with Gasteiger partial charge in [0, 0.05) is 23.1 Å². The summed E-state index contributed by atoms with van der Waals surface area (Å²) in [4.78, 5) is 52.5. The number of aliphatic hydroxyl groups excluding tert-OH is 2. The van der Waals surface area contributed by atoms with Crippen molar-refractivity contribution in [2.45, 2.75) is 37.8 Å². The minimum absolute atomic E-state index is 0.117. The first-order valence-corrected chi connectivity index (χ1v) is 12.5. The molecule has 0 aromatic heterocycles. The Labute approximate surface area is 223 Å². The molecule has 1 saturated carbocycles. The third kappa shape index (κ3) is 4.26. The molecule has 3 aliphatic carbocycles. The molecular weight excluding hydrogens is 515 g/mol. The predicted octanol–water partition coefficient (Wildman–Crippen LogP) is 0.0412. The summed E-state index contributed by atoms with van der Waals surface area (Å²) in [6.45, 7) is 2.34. The minimum Gasteiger partial charge on any atom is -0.508 e. The molecule has 0 unspecified atom stereocenters. The molecule has 0 aliphatic heterocycles. The van der Waals surface area contributed by atoms with Crippen LogP contribution in [0, 0.1) is 17.7 Å². The van der Waals surface area contributed by atoms with Gasteiger partial charge in [0.05, 0.1) is 23.8 Å². The Hall–Kier alpha value is -3.81. The number of nitrogens with two attached hydrogens (primary N) is 1.